The van der Waals surface area contributed by atoms with Crippen molar-refractivity contribution in [3.8, 4) is 0 Å². The number of ether oxygens (including phenoxy) is 1. The number of anilines is 1. The Bertz CT molecular complexity index is 685. The van der Waals surface area contributed by atoms with Crippen LogP contribution >= 0.6 is 24.8 Å². The SMILES string of the molecule is CC(c1ccc(NC(=O)c2coc(CN)c2)cc1)N1CCOCC1.Cl.Cl. The summed E-state index contributed by atoms with van der Waals surface area (Å²) in [7, 11) is 0. The highest BCUT2D eigenvalue weighted by atomic mass is 35.5. The van der Waals surface area contributed by atoms with Crippen molar-refractivity contribution in [2.75, 3.05) is 31.6 Å². The molecular formula is C18H25Cl2N3O3. The molecule has 3 N–H and O–H groups in total. The number of furan rings is 1. The Labute approximate surface area is 165 Å². The Morgan fingerprint density at radius 1 is 1.23 bits per heavy atom. The van der Waals surface area contributed by atoms with Crippen LogP contribution in [-0.4, -0.2) is 37.1 Å². The second-order valence-corrected chi connectivity index (χ2v) is 5.91. The maximum Gasteiger partial charge on any atom is 0.258 e. The molecule has 0 spiro atoms. The molecular weight excluding hydrogens is 377 g/mol. The van der Waals surface area contributed by atoms with Gasteiger partial charge in [-0.25, -0.2) is 0 Å². The van der Waals surface area contributed by atoms with Crippen LogP contribution in [0.25, 0.3) is 0 Å². The summed E-state index contributed by atoms with van der Waals surface area (Å²) in [5.74, 6) is 0.391. The molecule has 1 saturated heterocycles. The minimum absolute atomic E-state index is 0. The van der Waals surface area contributed by atoms with Crippen LogP contribution in [0.4, 0.5) is 5.69 Å². The average molecular weight is 402 g/mol. The van der Waals surface area contributed by atoms with E-state index in [9.17, 15) is 4.79 Å². The lowest BCUT2D eigenvalue weighted by Gasteiger charge is -2.32. The van der Waals surface area contributed by atoms with E-state index >= 15 is 0 Å². The van der Waals surface area contributed by atoms with Crippen LogP contribution in [0.1, 0.15) is 34.6 Å². The first-order chi connectivity index (χ1) is 11.7. The standard InChI is InChI=1S/C18H23N3O3.2ClH/c1-13(21-6-8-23-9-7-21)14-2-4-16(5-3-14)20-18(22)15-10-17(11-19)24-12-15;;/h2-5,10,12-13H,6-9,11,19H2,1H3,(H,20,22);2*1H. The average Bonchev–Trinajstić information content (AvgIpc) is 3.12. The molecule has 1 amide bonds. The lowest BCUT2D eigenvalue weighted by atomic mass is 10.1. The van der Waals surface area contributed by atoms with Crippen LogP contribution in [-0.2, 0) is 11.3 Å². The number of nitrogens with two attached hydrogens (primary N) is 1. The lowest BCUT2D eigenvalue weighted by molar-refractivity contribution is 0.0198. The van der Waals surface area contributed by atoms with Crippen molar-refractivity contribution in [3.63, 3.8) is 0 Å². The molecule has 0 saturated carbocycles. The van der Waals surface area contributed by atoms with Crippen molar-refractivity contribution in [2.24, 2.45) is 5.73 Å². The van der Waals surface area contributed by atoms with Crippen LogP contribution in [0.3, 0.4) is 0 Å². The predicted molar refractivity (Wildman–Crippen MR) is 106 cm³/mol. The van der Waals surface area contributed by atoms with E-state index in [0.29, 0.717) is 17.4 Å². The highest BCUT2D eigenvalue weighted by Gasteiger charge is 2.18. The predicted octanol–water partition coefficient (Wildman–Crippen LogP) is 3.23. The fraction of sp³-hybridized carbons (Fsp3) is 0.389. The van der Waals surface area contributed by atoms with Gasteiger partial charge in [0.25, 0.3) is 5.91 Å². The third-order valence-corrected chi connectivity index (χ3v) is 4.36. The topological polar surface area (TPSA) is 80.7 Å². The van der Waals surface area contributed by atoms with Crippen molar-refractivity contribution < 1.29 is 13.9 Å². The summed E-state index contributed by atoms with van der Waals surface area (Å²) in [4.78, 5) is 14.6. The van der Waals surface area contributed by atoms with E-state index in [1.807, 2.05) is 12.1 Å². The molecule has 1 aromatic heterocycles. The van der Waals surface area contributed by atoms with Crippen molar-refractivity contribution in [3.05, 3.63) is 53.5 Å². The zero-order valence-corrected chi connectivity index (χ0v) is 16.3. The summed E-state index contributed by atoms with van der Waals surface area (Å²) in [6.45, 7) is 5.94. The van der Waals surface area contributed by atoms with E-state index in [1.165, 1.54) is 11.8 Å². The molecule has 1 aliphatic heterocycles. The van der Waals surface area contributed by atoms with Gasteiger partial charge in [0, 0.05) is 24.8 Å². The quantitative estimate of drug-likeness (QED) is 0.803. The number of carbonyl (C=O) groups excluding carboxylic acids is 1. The smallest absolute Gasteiger partial charge is 0.258 e. The first kappa shape index (κ1) is 22.5. The van der Waals surface area contributed by atoms with Gasteiger partial charge in [-0.05, 0) is 30.7 Å². The molecule has 1 fully saturated rings. The molecule has 0 radical (unpaired) electrons. The number of hydrogen-bond acceptors (Lipinski definition) is 5. The van der Waals surface area contributed by atoms with Crippen LogP contribution in [0.2, 0.25) is 0 Å². The van der Waals surface area contributed by atoms with Gasteiger partial charge in [0.05, 0.1) is 25.3 Å². The molecule has 26 heavy (non-hydrogen) atoms. The molecule has 6 nitrogen and oxygen atoms in total. The van der Waals surface area contributed by atoms with Crippen LogP contribution in [0.5, 0.6) is 0 Å². The fourth-order valence-electron chi connectivity index (χ4n) is 2.83. The third kappa shape index (κ3) is 5.46. The summed E-state index contributed by atoms with van der Waals surface area (Å²) in [6.07, 6.45) is 1.42. The molecule has 8 heteroatoms. The lowest BCUT2D eigenvalue weighted by Crippen LogP contribution is -2.37. The van der Waals surface area contributed by atoms with Gasteiger partial charge in [-0.1, -0.05) is 12.1 Å². The number of rotatable bonds is 5. The minimum Gasteiger partial charge on any atom is -0.467 e. The Morgan fingerprint density at radius 2 is 1.88 bits per heavy atom. The normalized spacial score (nSPS) is 15.5. The maximum absolute atomic E-state index is 12.2. The molecule has 144 valence electrons. The van der Waals surface area contributed by atoms with Gasteiger partial charge in [0.15, 0.2) is 0 Å². The highest BCUT2D eigenvalue weighted by molar-refractivity contribution is 6.04. The van der Waals surface area contributed by atoms with E-state index in [4.69, 9.17) is 14.9 Å². The number of nitrogens with one attached hydrogen (secondary N) is 1. The van der Waals surface area contributed by atoms with Gasteiger partial charge in [-0.15, -0.1) is 24.8 Å². The number of benzene rings is 1. The summed E-state index contributed by atoms with van der Waals surface area (Å²) in [6, 6.07) is 9.94. The van der Waals surface area contributed by atoms with Gasteiger partial charge < -0.3 is 20.2 Å². The number of morpholine rings is 1. The molecule has 3 rings (SSSR count). The zero-order valence-electron chi connectivity index (χ0n) is 14.6. The Kier molecular flexibility index (Phi) is 9.12. The van der Waals surface area contributed by atoms with Crippen LogP contribution in [0, 0.1) is 0 Å². The van der Waals surface area contributed by atoms with Crippen LogP contribution in [0.15, 0.2) is 41.0 Å². The number of amides is 1. The summed E-state index contributed by atoms with van der Waals surface area (Å²) >= 11 is 0. The van der Waals surface area contributed by atoms with E-state index < -0.39 is 0 Å². The number of nitrogens with zero attached hydrogens (tertiary/aromatic N) is 1. The maximum atomic E-state index is 12.2. The first-order valence-electron chi connectivity index (χ1n) is 8.18. The van der Waals surface area contributed by atoms with Gasteiger partial charge in [0.1, 0.15) is 12.0 Å². The van der Waals surface area contributed by atoms with Gasteiger partial charge in [0.2, 0.25) is 0 Å². The monoisotopic (exact) mass is 401 g/mol. The highest BCUT2D eigenvalue weighted by Crippen LogP contribution is 2.23. The first-order valence-corrected chi connectivity index (χ1v) is 8.18. The zero-order chi connectivity index (χ0) is 16.9. The Morgan fingerprint density at radius 3 is 2.46 bits per heavy atom. The number of hydrogen-bond donors (Lipinski definition) is 2. The van der Waals surface area contributed by atoms with Crippen molar-refractivity contribution >= 4 is 36.4 Å². The van der Waals surface area contributed by atoms with Crippen LogP contribution < -0.4 is 11.1 Å². The summed E-state index contributed by atoms with van der Waals surface area (Å²) in [5, 5.41) is 2.87. The Balaban J connectivity index is 0.00000169. The molecule has 1 unspecified atom stereocenters. The van der Waals surface area contributed by atoms with E-state index in [1.54, 1.807) is 6.07 Å². The van der Waals surface area contributed by atoms with Crippen molar-refractivity contribution in [1.29, 1.82) is 0 Å². The van der Waals surface area contributed by atoms with Gasteiger partial charge in [-0.2, -0.15) is 0 Å². The van der Waals surface area contributed by atoms with Gasteiger partial charge in [-0.3, -0.25) is 9.69 Å². The second-order valence-electron chi connectivity index (χ2n) is 5.91. The van der Waals surface area contributed by atoms with E-state index in [2.05, 4.69) is 29.3 Å². The molecule has 0 aliphatic carbocycles. The van der Waals surface area contributed by atoms with Crippen molar-refractivity contribution in [2.45, 2.75) is 19.5 Å². The molecule has 1 aliphatic rings. The number of halogens is 2. The minimum atomic E-state index is -0.201. The summed E-state index contributed by atoms with van der Waals surface area (Å²) in [5.41, 5.74) is 7.94. The number of carbonyl (C=O) groups is 1. The van der Waals surface area contributed by atoms with E-state index in [-0.39, 0.29) is 37.3 Å². The molecule has 1 aromatic carbocycles. The largest absolute Gasteiger partial charge is 0.467 e. The summed E-state index contributed by atoms with van der Waals surface area (Å²) < 4.78 is 10.6. The molecule has 2 aromatic rings. The van der Waals surface area contributed by atoms with E-state index in [0.717, 1.165) is 32.0 Å². The molecule has 0 bridgehead atoms. The van der Waals surface area contributed by atoms with Crippen molar-refractivity contribution in [1.82, 2.24) is 4.90 Å². The second kappa shape index (κ2) is 10.5. The fourth-order valence-corrected chi connectivity index (χ4v) is 2.83. The molecule has 1 atom stereocenters. The third-order valence-electron chi connectivity index (χ3n) is 4.36. The van der Waals surface area contributed by atoms with Gasteiger partial charge >= 0.3 is 0 Å². The molecule has 2 heterocycles. The Hall–Kier alpha value is -1.57.